The van der Waals surface area contributed by atoms with Gasteiger partial charge in [0, 0.05) is 17.2 Å². The molecule has 0 aromatic carbocycles. The molecule has 1 heterocycles. The molecule has 0 aliphatic carbocycles. The number of hydrogen-bond donors (Lipinski definition) is 0. The normalized spacial score (nSPS) is 10.2. The molecule has 1 nitrogen and oxygen atoms in total. The first-order chi connectivity index (χ1) is 6.15. The SMILES string of the molecule is C=C(CC)CCn1c(=C)ccc1=C. The summed E-state index contributed by atoms with van der Waals surface area (Å²) in [5.74, 6) is 0. The van der Waals surface area contributed by atoms with E-state index in [1.165, 1.54) is 5.57 Å². The molecule has 70 valence electrons. The van der Waals surface area contributed by atoms with Crippen LogP contribution in [0.1, 0.15) is 19.8 Å². The van der Waals surface area contributed by atoms with Crippen LogP contribution >= 0.6 is 0 Å². The zero-order valence-corrected chi connectivity index (χ0v) is 8.34. The monoisotopic (exact) mass is 175 g/mol. The summed E-state index contributed by atoms with van der Waals surface area (Å²) < 4.78 is 2.13. The van der Waals surface area contributed by atoms with Gasteiger partial charge in [0.15, 0.2) is 0 Å². The third-order valence-electron chi connectivity index (χ3n) is 2.35. The van der Waals surface area contributed by atoms with Gasteiger partial charge in [0.25, 0.3) is 0 Å². The third kappa shape index (κ3) is 2.35. The van der Waals surface area contributed by atoms with E-state index in [1.54, 1.807) is 0 Å². The quantitative estimate of drug-likeness (QED) is 0.613. The molecule has 0 aliphatic rings. The second-order valence-corrected chi connectivity index (χ2v) is 3.32. The van der Waals surface area contributed by atoms with Gasteiger partial charge < -0.3 is 4.57 Å². The van der Waals surface area contributed by atoms with Gasteiger partial charge in [-0.2, -0.15) is 0 Å². The van der Waals surface area contributed by atoms with Gasteiger partial charge in [-0.05, 0) is 25.0 Å². The first-order valence-electron chi connectivity index (χ1n) is 4.65. The summed E-state index contributed by atoms with van der Waals surface area (Å²) in [7, 11) is 0. The second-order valence-electron chi connectivity index (χ2n) is 3.32. The molecule has 0 N–H and O–H groups in total. The van der Waals surface area contributed by atoms with E-state index in [9.17, 15) is 0 Å². The zero-order valence-electron chi connectivity index (χ0n) is 8.34. The fourth-order valence-corrected chi connectivity index (χ4v) is 1.29. The van der Waals surface area contributed by atoms with Crippen LogP contribution in [0.4, 0.5) is 0 Å². The van der Waals surface area contributed by atoms with Crippen LogP contribution in [0.25, 0.3) is 13.2 Å². The summed E-state index contributed by atoms with van der Waals surface area (Å²) in [6, 6.07) is 3.99. The number of nitrogens with zero attached hydrogens (tertiary/aromatic N) is 1. The van der Waals surface area contributed by atoms with E-state index in [4.69, 9.17) is 0 Å². The van der Waals surface area contributed by atoms with Crippen LogP contribution in [0.15, 0.2) is 24.3 Å². The first-order valence-corrected chi connectivity index (χ1v) is 4.65. The van der Waals surface area contributed by atoms with E-state index in [0.717, 1.165) is 30.1 Å². The van der Waals surface area contributed by atoms with Crippen LogP contribution < -0.4 is 10.7 Å². The maximum Gasteiger partial charge on any atom is 0.0338 e. The van der Waals surface area contributed by atoms with Gasteiger partial charge in [-0.1, -0.05) is 32.2 Å². The van der Waals surface area contributed by atoms with Crippen LogP contribution in [0.3, 0.4) is 0 Å². The molecule has 1 aromatic heterocycles. The van der Waals surface area contributed by atoms with Crippen molar-refractivity contribution in [1.82, 2.24) is 4.57 Å². The van der Waals surface area contributed by atoms with Gasteiger partial charge >= 0.3 is 0 Å². The van der Waals surface area contributed by atoms with Crippen molar-refractivity contribution < 1.29 is 0 Å². The summed E-state index contributed by atoms with van der Waals surface area (Å²) in [5, 5.41) is 2.07. The fraction of sp³-hybridized carbons (Fsp3) is 0.333. The Morgan fingerprint density at radius 1 is 1.31 bits per heavy atom. The highest BCUT2D eigenvalue weighted by atomic mass is 14.9. The largest absolute Gasteiger partial charge is 0.342 e. The summed E-state index contributed by atoms with van der Waals surface area (Å²) in [6.07, 6.45) is 2.08. The minimum atomic E-state index is 0.956. The van der Waals surface area contributed by atoms with Crippen molar-refractivity contribution in [3.05, 3.63) is 35.0 Å². The molecule has 0 radical (unpaired) electrons. The highest BCUT2D eigenvalue weighted by Crippen LogP contribution is 2.02. The van der Waals surface area contributed by atoms with Crippen LogP contribution in [0, 0.1) is 0 Å². The highest BCUT2D eigenvalue weighted by Gasteiger charge is 1.95. The Bertz CT molecular complexity index is 356. The molecule has 0 bridgehead atoms. The van der Waals surface area contributed by atoms with Crippen molar-refractivity contribution in [1.29, 1.82) is 0 Å². The Morgan fingerprint density at radius 3 is 2.31 bits per heavy atom. The Labute approximate surface area is 79.7 Å². The lowest BCUT2D eigenvalue weighted by molar-refractivity contribution is 0.656. The van der Waals surface area contributed by atoms with Crippen molar-refractivity contribution in [2.24, 2.45) is 0 Å². The van der Waals surface area contributed by atoms with E-state index >= 15 is 0 Å². The van der Waals surface area contributed by atoms with E-state index in [0.29, 0.717) is 0 Å². The van der Waals surface area contributed by atoms with Crippen LogP contribution in [0.5, 0.6) is 0 Å². The van der Waals surface area contributed by atoms with Gasteiger partial charge in [-0.3, -0.25) is 0 Å². The van der Waals surface area contributed by atoms with Gasteiger partial charge in [-0.25, -0.2) is 0 Å². The maximum absolute atomic E-state index is 3.98. The molecular weight excluding hydrogens is 158 g/mol. The molecule has 0 spiro atoms. The van der Waals surface area contributed by atoms with Gasteiger partial charge in [-0.15, -0.1) is 0 Å². The number of rotatable bonds is 4. The van der Waals surface area contributed by atoms with Crippen molar-refractivity contribution in [2.75, 3.05) is 0 Å². The Balaban J connectivity index is 2.70. The van der Waals surface area contributed by atoms with E-state index in [2.05, 4.69) is 31.2 Å². The van der Waals surface area contributed by atoms with Crippen molar-refractivity contribution in [3.8, 4) is 0 Å². The van der Waals surface area contributed by atoms with Gasteiger partial charge in [0.05, 0.1) is 0 Å². The number of aromatic nitrogens is 1. The standard InChI is InChI=1S/C12H17N/c1-5-10(2)8-9-13-11(3)6-7-12(13)4/h6-7H,2-5,8-9H2,1H3. The molecule has 0 saturated carbocycles. The average molecular weight is 175 g/mol. The van der Waals surface area contributed by atoms with Gasteiger partial charge in [0.1, 0.15) is 0 Å². The minimum Gasteiger partial charge on any atom is -0.342 e. The molecule has 0 amide bonds. The average Bonchev–Trinajstić information content (AvgIpc) is 2.43. The molecule has 1 heteroatoms. The van der Waals surface area contributed by atoms with E-state index in [1.807, 2.05) is 12.1 Å². The summed E-state index contributed by atoms with van der Waals surface area (Å²) in [6.45, 7) is 14.9. The van der Waals surface area contributed by atoms with E-state index in [-0.39, 0.29) is 0 Å². The minimum absolute atomic E-state index is 0.956. The molecule has 0 aliphatic heterocycles. The number of allylic oxidation sites excluding steroid dienone is 1. The molecular formula is C12H17N. The van der Waals surface area contributed by atoms with Crippen LogP contribution in [-0.2, 0) is 6.54 Å². The lowest BCUT2D eigenvalue weighted by Crippen LogP contribution is -2.24. The Hall–Kier alpha value is -1.24. The summed E-state index contributed by atoms with van der Waals surface area (Å²) in [4.78, 5) is 0. The first kappa shape index (κ1) is 9.85. The maximum atomic E-state index is 3.98. The van der Waals surface area contributed by atoms with E-state index < -0.39 is 0 Å². The molecule has 1 rings (SSSR count). The summed E-state index contributed by atoms with van der Waals surface area (Å²) >= 11 is 0. The molecule has 1 aromatic rings. The molecule has 0 atom stereocenters. The van der Waals surface area contributed by atoms with Gasteiger partial charge in [0.2, 0.25) is 0 Å². The van der Waals surface area contributed by atoms with Crippen LogP contribution in [0.2, 0.25) is 0 Å². The zero-order chi connectivity index (χ0) is 9.84. The topological polar surface area (TPSA) is 4.93 Å². The Kier molecular flexibility index (Phi) is 3.13. The van der Waals surface area contributed by atoms with Crippen LogP contribution in [-0.4, -0.2) is 4.57 Å². The molecule has 0 saturated heterocycles. The predicted octanol–water partition coefficient (Wildman–Crippen LogP) is 1.67. The lowest BCUT2D eigenvalue weighted by Gasteiger charge is -2.05. The fourth-order valence-electron chi connectivity index (χ4n) is 1.29. The molecule has 0 unspecified atom stereocenters. The molecule has 13 heavy (non-hydrogen) atoms. The third-order valence-corrected chi connectivity index (χ3v) is 2.35. The summed E-state index contributed by atoms with van der Waals surface area (Å²) in [5.41, 5.74) is 1.28. The lowest BCUT2D eigenvalue weighted by atomic mass is 10.2. The van der Waals surface area contributed by atoms with Crippen molar-refractivity contribution in [2.45, 2.75) is 26.3 Å². The highest BCUT2D eigenvalue weighted by molar-refractivity contribution is 5.09. The predicted molar refractivity (Wildman–Crippen MR) is 58.8 cm³/mol. The Morgan fingerprint density at radius 2 is 1.85 bits per heavy atom. The van der Waals surface area contributed by atoms with Crippen molar-refractivity contribution in [3.63, 3.8) is 0 Å². The molecule has 0 fully saturated rings. The number of hydrogen-bond acceptors (Lipinski definition) is 0. The smallest absolute Gasteiger partial charge is 0.0338 e. The second kappa shape index (κ2) is 4.13. The van der Waals surface area contributed by atoms with Crippen molar-refractivity contribution >= 4 is 13.2 Å².